The van der Waals surface area contributed by atoms with E-state index in [1.165, 1.54) is 30.6 Å². The Labute approximate surface area is 143 Å². The Morgan fingerprint density at radius 2 is 1.88 bits per heavy atom. The first-order valence-electron chi connectivity index (χ1n) is 7.23. The largest absolute Gasteiger partial charge is 0.347 e. The fourth-order valence-electron chi connectivity index (χ4n) is 2.19. The zero-order valence-corrected chi connectivity index (χ0v) is 13.3. The molecule has 0 saturated heterocycles. The smallest absolute Gasteiger partial charge is 0.270 e. The molecule has 1 amide bonds. The van der Waals surface area contributed by atoms with Crippen LogP contribution in [0.15, 0.2) is 60.9 Å². The minimum atomic E-state index is -0.464. The second-order valence-corrected chi connectivity index (χ2v) is 5.52. The number of nitrogens with one attached hydrogen (secondary N) is 1. The lowest BCUT2D eigenvalue weighted by Crippen LogP contribution is -2.23. The summed E-state index contributed by atoms with van der Waals surface area (Å²) in [7, 11) is 0. The van der Waals surface area contributed by atoms with Crippen LogP contribution in [-0.2, 0) is 6.54 Å². The molecule has 0 aliphatic rings. The number of amides is 1. The Balaban J connectivity index is 1.80. The van der Waals surface area contributed by atoms with Crippen LogP contribution < -0.4 is 5.32 Å². The van der Waals surface area contributed by atoms with Crippen LogP contribution in [0.2, 0.25) is 5.02 Å². The van der Waals surface area contributed by atoms with Crippen LogP contribution in [0.5, 0.6) is 0 Å². The predicted octanol–water partition coefficient (Wildman–Crippen LogP) is 3.87. The van der Waals surface area contributed by atoms with Crippen molar-refractivity contribution in [2.75, 3.05) is 0 Å². The lowest BCUT2D eigenvalue weighted by atomic mass is 10.1. The third kappa shape index (κ3) is 3.75. The first-order valence-corrected chi connectivity index (χ1v) is 7.61. The number of rotatable bonds is 4. The maximum atomic E-state index is 13.9. The molecule has 0 fully saturated rings. The zero-order chi connectivity index (χ0) is 16.9. The highest BCUT2D eigenvalue weighted by Gasteiger charge is 2.12. The summed E-state index contributed by atoms with van der Waals surface area (Å²) in [6, 6.07) is 15.1. The zero-order valence-electron chi connectivity index (χ0n) is 12.5. The van der Waals surface area contributed by atoms with Crippen LogP contribution in [0.4, 0.5) is 4.39 Å². The summed E-state index contributed by atoms with van der Waals surface area (Å²) < 4.78 is 13.9. The number of benzene rings is 2. The maximum absolute atomic E-state index is 13.9. The maximum Gasteiger partial charge on any atom is 0.270 e. The molecule has 6 heteroatoms. The molecule has 4 nitrogen and oxygen atoms in total. The van der Waals surface area contributed by atoms with Crippen molar-refractivity contribution in [2.24, 2.45) is 0 Å². The molecule has 1 N–H and O–H groups in total. The van der Waals surface area contributed by atoms with E-state index in [9.17, 15) is 9.18 Å². The number of carbonyl (C=O) groups excluding carboxylic acids is 1. The molecule has 0 unspecified atom stereocenters. The summed E-state index contributed by atoms with van der Waals surface area (Å²) in [4.78, 5) is 20.2. The molecular weight excluding hydrogens is 329 g/mol. The first-order chi connectivity index (χ1) is 11.6. The van der Waals surface area contributed by atoms with Crippen LogP contribution in [0, 0.1) is 5.82 Å². The van der Waals surface area contributed by atoms with Crippen molar-refractivity contribution < 1.29 is 9.18 Å². The highest BCUT2D eigenvalue weighted by molar-refractivity contribution is 6.30. The molecule has 0 radical (unpaired) electrons. The van der Waals surface area contributed by atoms with Gasteiger partial charge < -0.3 is 5.32 Å². The van der Waals surface area contributed by atoms with Crippen molar-refractivity contribution in [1.29, 1.82) is 0 Å². The van der Waals surface area contributed by atoms with E-state index in [4.69, 9.17) is 11.6 Å². The first kappa shape index (κ1) is 16.1. The number of hydrogen-bond acceptors (Lipinski definition) is 3. The lowest BCUT2D eigenvalue weighted by molar-refractivity contribution is 0.0946. The van der Waals surface area contributed by atoms with E-state index in [-0.39, 0.29) is 17.2 Å². The fraction of sp³-hybridized carbons (Fsp3) is 0.0556. The molecule has 0 bridgehead atoms. The van der Waals surface area contributed by atoms with E-state index in [2.05, 4.69) is 15.3 Å². The molecule has 0 saturated carbocycles. The van der Waals surface area contributed by atoms with Crippen molar-refractivity contribution in [3.63, 3.8) is 0 Å². The Hall–Kier alpha value is -2.79. The molecule has 1 aromatic heterocycles. The molecule has 0 aliphatic heterocycles. The van der Waals surface area contributed by atoms with Gasteiger partial charge in [-0.05, 0) is 29.8 Å². The van der Waals surface area contributed by atoms with Gasteiger partial charge in [-0.3, -0.25) is 4.79 Å². The van der Waals surface area contributed by atoms with E-state index in [1.807, 2.05) is 30.3 Å². The summed E-state index contributed by atoms with van der Waals surface area (Å²) in [6.45, 7) is 0.379. The Morgan fingerprint density at radius 1 is 1.08 bits per heavy atom. The van der Waals surface area contributed by atoms with Gasteiger partial charge in [-0.15, -0.1) is 0 Å². The summed E-state index contributed by atoms with van der Waals surface area (Å²) in [5.41, 5.74) is 1.66. The fourth-order valence-corrected chi connectivity index (χ4v) is 2.36. The number of aromatic nitrogens is 2. The molecule has 0 aliphatic carbocycles. The van der Waals surface area contributed by atoms with E-state index >= 15 is 0 Å². The van der Waals surface area contributed by atoms with Gasteiger partial charge in [0.1, 0.15) is 17.8 Å². The van der Waals surface area contributed by atoms with Gasteiger partial charge in [-0.1, -0.05) is 41.9 Å². The van der Waals surface area contributed by atoms with Gasteiger partial charge in [0.05, 0.1) is 5.69 Å². The minimum absolute atomic E-state index is 0.162. The summed E-state index contributed by atoms with van der Waals surface area (Å²) in [5, 5.41) is 3.16. The SMILES string of the molecule is O=C(NCc1ccccc1)c1cc(-c2cc(Cl)ccc2F)ncn1. The van der Waals surface area contributed by atoms with Crippen LogP contribution in [0.25, 0.3) is 11.3 Å². The van der Waals surface area contributed by atoms with E-state index in [1.54, 1.807) is 0 Å². The summed E-state index contributed by atoms with van der Waals surface area (Å²) in [5.74, 6) is -0.821. The average molecular weight is 342 g/mol. The van der Waals surface area contributed by atoms with Crippen LogP contribution in [0.1, 0.15) is 16.1 Å². The van der Waals surface area contributed by atoms with Gasteiger partial charge in [0.15, 0.2) is 0 Å². The standard InChI is InChI=1S/C18H13ClFN3O/c19-13-6-7-15(20)14(8-13)16-9-17(23-11-22-16)18(24)21-10-12-4-2-1-3-5-12/h1-9,11H,10H2,(H,21,24). The highest BCUT2D eigenvalue weighted by Crippen LogP contribution is 2.24. The molecule has 120 valence electrons. The molecule has 0 atom stereocenters. The van der Waals surface area contributed by atoms with E-state index in [0.717, 1.165) is 5.56 Å². The second kappa shape index (κ2) is 7.19. The monoisotopic (exact) mass is 341 g/mol. The van der Waals surface area contributed by atoms with Crippen molar-refractivity contribution in [3.8, 4) is 11.3 Å². The second-order valence-electron chi connectivity index (χ2n) is 5.08. The molecular formula is C18H13ClFN3O. The predicted molar refractivity (Wildman–Crippen MR) is 90.0 cm³/mol. The van der Waals surface area contributed by atoms with E-state index < -0.39 is 5.82 Å². The Morgan fingerprint density at radius 3 is 2.67 bits per heavy atom. The molecule has 3 aromatic rings. The van der Waals surface area contributed by atoms with Gasteiger partial charge in [-0.25, -0.2) is 14.4 Å². The topological polar surface area (TPSA) is 54.9 Å². The van der Waals surface area contributed by atoms with Crippen LogP contribution in [0.3, 0.4) is 0 Å². The molecule has 0 spiro atoms. The third-order valence-electron chi connectivity index (χ3n) is 3.40. The van der Waals surface area contributed by atoms with Gasteiger partial charge in [-0.2, -0.15) is 0 Å². The van der Waals surface area contributed by atoms with Crippen LogP contribution >= 0.6 is 11.6 Å². The lowest BCUT2D eigenvalue weighted by Gasteiger charge is -2.07. The Kier molecular flexibility index (Phi) is 4.82. The molecule has 24 heavy (non-hydrogen) atoms. The van der Waals surface area contributed by atoms with Gasteiger partial charge in [0, 0.05) is 17.1 Å². The van der Waals surface area contributed by atoms with Crippen molar-refractivity contribution >= 4 is 17.5 Å². The quantitative estimate of drug-likeness (QED) is 0.783. The van der Waals surface area contributed by atoms with Crippen LogP contribution in [-0.4, -0.2) is 15.9 Å². The van der Waals surface area contributed by atoms with Gasteiger partial charge >= 0.3 is 0 Å². The van der Waals surface area contributed by atoms with E-state index in [0.29, 0.717) is 17.3 Å². The minimum Gasteiger partial charge on any atom is -0.347 e. The number of hydrogen-bond donors (Lipinski definition) is 1. The average Bonchev–Trinajstić information content (AvgIpc) is 2.62. The number of nitrogens with zero attached hydrogens (tertiary/aromatic N) is 2. The summed E-state index contributed by atoms with van der Waals surface area (Å²) >= 11 is 5.90. The molecule has 2 aromatic carbocycles. The third-order valence-corrected chi connectivity index (χ3v) is 3.64. The molecule has 3 rings (SSSR count). The van der Waals surface area contributed by atoms with Crippen molar-refractivity contribution in [1.82, 2.24) is 15.3 Å². The van der Waals surface area contributed by atoms with Gasteiger partial charge in [0.25, 0.3) is 5.91 Å². The van der Waals surface area contributed by atoms with Gasteiger partial charge in [0.2, 0.25) is 0 Å². The summed E-state index contributed by atoms with van der Waals surface area (Å²) in [6.07, 6.45) is 1.23. The molecule has 1 heterocycles. The normalized spacial score (nSPS) is 10.4. The van der Waals surface area contributed by atoms with Crippen molar-refractivity contribution in [3.05, 3.63) is 83.0 Å². The Bertz CT molecular complexity index is 871. The van der Waals surface area contributed by atoms with Crippen molar-refractivity contribution in [2.45, 2.75) is 6.54 Å². The number of carbonyl (C=O) groups is 1. The number of halogens is 2. The highest BCUT2D eigenvalue weighted by atomic mass is 35.5.